The largest absolute Gasteiger partial charge is 0.482 e. The summed E-state index contributed by atoms with van der Waals surface area (Å²) < 4.78 is 11.5. The minimum Gasteiger partial charge on any atom is -0.482 e. The number of rotatable bonds is 2. The standard InChI is InChI=1S/C18H15NO3/c1-3-13-7-6-8-14(11-13)19-18(20)17-12(2)21-15-9-4-5-10-16(15)22-17/h1,4-12,17H,2H3,(H,19,20)/t12-,17+/m1/s1. The molecule has 0 saturated heterocycles. The summed E-state index contributed by atoms with van der Waals surface area (Å²) >= 11 is 0. The first-order chi connectivity index (χ1) is 10.7. The number of anilines is 1. The zero-order valence-electron chi connectivity index (χ0n) is 12.1. The molecule has 0 unspecified atom stereocenters. The van der Waals surface area contributed by atoms with Crippen LogP contribution >= 0.6 is 0 Å². The van der Waals surface area contributed by atoms with E-state index in [2.05, 4.69) is 11.2 Å². The highest BCUT2D eigenvalue weighted by Gasteiger charge is 2.34. The number of fused-ring (bicyclic) bond motifs is 1. The van der Waals surface area contributed by atoms with Crippen LogP contribution in [-0.2, 0) is 4.79 Å². The van der Waals surface area contributed by atoms with Crippen molar-refractivity contribution >= 4 is 11.6 Å². The Hall–Kier alpha value is -2.93. The van der Waals surface area contributed by atoms with Crippen LogP contribution in [0.5, 0.6) is 11.5 Å². The third kappa shape index (κ3) is 2.75. The molecule has 0 bridgehead atoms. The minimum absolute atomic E-state index is 0.267. The summed E-state index contributed by atoms with van der Waals surface area (Å²) in [6, 6.07) is 14.4. The van der Waals surface area contributed by atoms with Crippen LogP contribution in [0.3, 0.4) is 0 Å². The van der Waals surface area contributed by atoms with Crippen molar-refractivity contribution in [3.63, 3.8) is 0 Å². The van der Waals surface area contributed by atoms with E-state index in [1.807, 2.05) is 18.2 Å². The number of para-hydroxylation sites is 2. The molecule has 110 valence electrons. The second kappa shape index (κ2) is 5.82. The maximum atomic E-state index is 12.4. The number of nitrogens with one attached hydrogen (secondary N) is 1. The van der Waals surface area contributed by atoms with E-state index in [4.69, 9.17) is 15.9 Å². The second-order valence-electron chi connectivity index (χ2n) is 5.02. The summed E-state index contributed by atoms with van der Waals surface area (Å²) in [7, 11) is 0. The molecule has 1 amide bonds. The Balaban J connectivity index is 1.76. The number of benzene rings is 2. The molecule has 0 spiro atoms. The summed E-state index contributed by atoms with van der Waals surface area (Å²) in [5.41, 5.74) is 1.34. The number of terminal acetylenes is 1. The maximum Gasteiger partial charge on any atom is 0.269 e. The molecule has 0 radical (unpaired) electrons. The van der Waals surface area contributed by atoms with Gasteiger partial charge in [-0.1, -0.05) is 24.1 Å². The topological polar surface area (TPSA) is 47.6 Å². The highest BCUT2D eigenvalue weighted by molar-refractivity contribution is 5.95. The number of hydrogen-bond acceptors (Lipinski definition) is 3. The monoisotopic (exact) mass is 293 g/mol. The molecule has 3 rings (SSSR count). The van der Waals surface area contributed by atoms with Crippen LogP contribution in [0.15, 0.2) is 48.5 Å². The van der Waals surface area contributed by atoms with Gasteiger partial charge in [0, 0.05) is 11.3 Å². The van der Waals surface area contributed by atoms with Crippen molar-refractivity contribution in [2.45, 2.75) is 19.1 Å². The fourth-order valence-corrected chi connectivity index (χ4v) is 2.31. The van der Waals surface area contributed by atoms with E-state index in [0.717, 1.165) is 0 Å². The van der Waals surface area contributed by atoms with E-state index in [-0.39, 0.29) is 12.0 Å². The van der Waals surface area contributed by atoms with E-state index in [1.165, 1.54) is 0 Å². The third-order valence-electron chi connectivity index (χ3n) is 3.40. The Bertz CT molecular complexity index is 748. The zero-order chi connectivity index (χ0) is 15.5. The van der Waals surface area contributed by atoms with Gasteiger partial charge in [-0.3, -0.25) is 4.79 Å². The number of hydrogen-bond donors (Lipinski definition) is 1. The summed E-state index contributed by atoms with van der Waals surface area (Å²) in [5, 5.41) is 2.81. The number of amides is 1. The highest BCUT2D eigenvalue weighted by atomic mass is 16.6. The number of ether oxygens (including phenoxy) is 2. The lowest BCUT2D eigenvalue weighted by molar-refractivity contribution is -0.128. The molecule has 1 N–H and O–H groups in total. The van der Waals surface area contributed by atoms with E-state index < -0.39 is 6.10 Å². The first-order valence-electron chi connectivity index (χ1n) is 6.97. The second-order valence-corrected chi connectivity index (χ2v) is 5.02. The Labute approximate surface area is 129 Å². The summed E-state index contributed by atoms with van der Waals surface area (Å²) in [5.74, 6) is 3.48. The van der Waals surface area contributed by atoms with Gasteiger partial charge < -0.3 is 14.8 Å². The Morgan fingerprint density at radius 1 is 1.14 bits per heavy atom. The summed E-state index contributed by atoms with van der Waals surface area (Å²) in [4.78, 5) is 12.4. The molecule has 1 aliphatic heterocycles. The summed E-state index contributed by atoms with van der Waals surface area (Å²) in [6.07, 6.45) is 4.26. The number of carbonyl (C=O) groups is 1. The van der Waals surface area contributed by atoms with Crippen LogP contribution in [0.1, 0.15) is 12.5 Å². The highest BCUT2D eigenvalue weighted by Crippen LogP contribution is 2.33. The molecule has 2 atom stereocenters. The van der Waals surface area contributed by atoms with Crippen LogP contribution in [-0.4, -0.2) is 18.1 Å². The molecule has 0 saturated carbocycles. The van der Waals surface area contributed by atoms with Crippen molar-refractivity contribution in [2.24, 2.45) is 0 Å². The van der Waals surface area contributed by atoms with Gasteiger partial charge in [-0.15, -0.1) is 6.42 Å². The fraction of sp³-hybridized carbons (Fsp3) is 0.167. The lowest BCUT2D eigenvalue weighted by Crippen LogP contribution is -2.46. The van der Waals surface area contributed by atoms with Crippen molar-refractivity contribution in [3.05, 3.63) is 54.1 Å². The molecule has 22 heavy (non-hydrogen) atoms. The quantitative estimate of drug-likeness (QED) is 0.866. The molecule has 0 fully saturated rings. The molecular formula is C18H15NO3. The molecule has 2 aromatic carbocycles. The Kier molecular flexibility index (Phi) is 3.71. The van der Waals surface area contributed by atoms with E-state index >= 15 is 0 Å². The zero-order valence-corrected chi connectivity index (χ0v) is 12.1. The van der Waals surface area contributed by atoms with Gasteiger partial charge in [-0.25, -0.2) is 0 Å². The number of carbonyl (C=O) groups excluding carboxylic acids is 1. The average Bonchev–Trinajstić information content (AvgIpc) is 2.54. The fourth-order valence-electron chi connectivity index (χ4n) is 2.31. The molecule has 4 nitrogen and oxygen atoms in total. The molecule has 2 aromatic rings. The predicted molar refractivity (Wildman–Crippen MR) is 84.0 cm³/mol. The van der Waals surface area contributed by atoms with E-state index in [0.29, 0.717) is 22.7 Å². The van der Waals surface area contributed by atoms with Crippen molar-refractivity contribution in [2.75, 3.05) is 5.32 Å². The third-order valence-corrected chi connectivity index (χ3v) is 3.40. The van der Waals surface area contributed by atoms with Crippen molar-refractivity contribution in [1.82, 2.24) is 0 Å². The van der Waals surface area contributed by atoms with Crippen LogP contribution in [0.2, 0.25) is 0 Å². The van der Waals surface area contributed by atoms with Gasteiger partial charge in [0.2, 0.25) is 6.10 Å². The van der Waals surface area contributed by atoms with Gasteiger partial charge in [0.05, 0.1) is 0 Å². The van der Waals surface area contributed by atoms with Gasteiger partial charge >= 0.3 is 0 Å². The van der Waals surface area contributed by atoms with Gasteiger partial charge in [0.15, 0.2) is 11.5 Å². The van der Waals surface area contributed by atoms with Gasteiger partial charge in [0.25, 0.3) is 5.91 Å². The van der Waals surface area contributed by atoms with Crippen molar-refractivity contribution in [3.8, 4) is 23.8 Å². The molecule has 1 aliphatic rings. The molecule has 0 aliphatic carbocycles. The van der Waals surface area contributed by atoms with Crippen molar-refractivity contribution < 1.29 is 14.3 Å². The van der Waals surface area contributed by atoms with Gasteiger partial charge in [-0.2, -0.15) is 0 Å². The predicted octanol–water partition coefficient (Wildman–Crippen LogP) is 2.83. The molecule has 1 heterocycles. The van der Waals surface area contributed by atoms with Gasteiger partial charge in [-0.05, 0) is 37.3 Å². The first kappa shape index (κ1) is 14.0. The molecular weight excluding hydrogens is 278 g/mol. The molecule has 4 heteroatoms. The Morgan fingerprint density at radius 3 is 2.59 bits per heavy atom. The van der Waals surface area contributed by atoms with Crippen LogP contribution < -0.4 is 14.8 Å². The minimum atomic E-state index is -0.718. The Morgan fingerprint density at radius 2 is 1.86 bits per heavy atom. The van der Waals surface area contributed by atoms with Crippen LogP contribution in [0, 0.1) is 12.3 Å². The normalized spacial score (nSPS) is 19.1. The SMILES string of the molecule is C#Cc1cccc(NC(=O)[C@H]2Oc3ccccc3O[C@@H]2C)c1. The lowest BCUT2D eigenvalue weighted by atomic mass is 10.1. The van der Waals surface area contributed by atoms with Crippen LogP contribution in [0.4, 0.5) is 5.69 Å². The average molecular weight is 293 g/mol. The summed E-state index contributed by atoms with van der Waals surface area (Å²) in [6.45, 7) is 1.80. The molecule has 0 aromatic heterocycles. The van der Waals surface area contributed by atoms with E-state index in [1.54, 1.807) is 37.3 Å². The maximum absolute atomic E-state index is 12.4. The van der Waals surface area contributed by atoms with Crippen LogP contribution in [0.25, 0.3) is 0 Å². The smallest absolute Gasteiger partial charge is 0.269 e. The van der Waals surface area contributed by atoms with Gasteiger partial charge in [0.1, 0.15) is 6.10 Å². The van der Waals surface area contributed by atoms with E-state index in [9.17, 15) is 4.79 Å². The first-order valence-corrected chi connectivity index (χ1v) is 6.97. The van der Waals surface area contributed by atoms with Crippen molar-refractivity contribution in [1.29, 1.82) is 0 Å². The lowest BCUT2D eigenvalue weighted by Gasteiger charge is -2.31.